The Morgan fingerprint density at radius 2 is 0.688 bits per heavy atom. The van der Waals surface area contributed by atoms with Gasteiger partial charge in [-0.25, -0.2) is 15.0 Å². The third kappa shape index (κ3) is 6.28. The van der Waals surface area contributed by atoms with Crippen LogP contribution in [0, 0.1) is 0 Å². The molecule has 298 valence electrons. The normalized spacial score (nSPS) is 11.8. The quantitative estimate of drug-likeness (QED) is 0.156. The van der Waals surface area contributed by atoms with Crippen molar-refractivity contribution in [1.29, 1.82) is 0 Å². The summed E-state index contributed by atoms with van der Waals surface area (Å²) in [6, 6.07) is 76.6. The average Bonchev–Trinajstić information content (AvgIpc) is 3.94. The first kappa shape index (κ1) is 36.8. The molecule has 13 rings (SSSR count). The number of nitrogens with zero attached hydrogens (tertiary/aromatic N) is 3. The van der Waals surface area contributed by atoms with E-state index in [-0.39, 0.29) is 0 Å². The van der Waals surface area contributed by atoms with Gasteiger partial charge in [-0.1, -0.05) is 158 Å². The van der Waals surface area contributed by atoms with Gasteiger partial charge in [0.15, 0.2) is 17.5 Å². The predicted molar refractivity (Wildman–Crippen MR) is 273 cm³/mol. The van der Waals surface area contributed by atoms with Crippen molar-refractivity contribution in [1.82, 2.24) is 15.0 Å². The van der Waals surface area contributed by atoms with Crippen molar-refractivity contribution in [2.75, 3.05) is 0 Å². The third-order valence-corrected chi connectivity index (χ3v) is 14.8. The molecule has 13 aromatic rings. The lowest BCUT2D eigenvalue weighted by atomic mass is 9.94. The van der Waals surface area contributed by atoms with E-state index >= 15 is 0 Å². The molecule has 0 saturated carbocycles. The van der Waals surface area contributed by atoms with Crippen LogP contribution in [0.25, 0.3) is 129 Å². The fourth-order valence-electron chi connectivity index (χ4n) is 9.30. The number of aromatic nitrogens is 3. The van der Waals surface area contributed by atoms with Crippen LogP contribution < -0.4 is 0 Å². The molecule has 3 heterocycles. The molecule has 0 amide bonds. The molecule has 3 nitrogen and oxygen atoms in total. The van der Waals surface area contributed by atoms with Crippen molar-refractivity contribution in [3.8, 4) is 67.5 Å². The molecular weight excluding hydrogens is 815 g/mol. The maximum absolute atomic E-state index is 5.13. The molecule has 0 radical (unpaired) electrons. The standard InChI is InChI=1S/C59H35N3S2/c1-3-10-36(11-4-1)42-26-22-38-18-19-39-23-27-43(33-49(39)48(38)32-42)44-28-30-54-51(34-44)56-46(15-9-17-55(56)64-54)37-20-24-41(25-21-37)58-60-57(40-12-5-2-6-13-40)61-59(62-58)45-29-31-53-50(35-45)47-14-7-8-16-52(47)63-53/h1-35H. The zero-order valence-corrected chi connectivity index (χ0v) is 36.0. The van der Waals surface area contributed by atoms with Crippen LogP contribution in [0.15, 0.2) is 212 Å². The Morgan fingerprint density at radius 3 is 1.39 bits per heavy atom. The fourth-order valence-corrected chi connectivity index (χ4v) is 11.5. The lowest BCUT2D eigenvalue weighted by Crippen LogP contribution is -2.00. The van der Waals surface area contributed by atoms with E-state index in [4.69, 9.17) is 15.0 Å². The van der Waals surface area contributed by atoms with Crippen molar-refractivity contribution < 1.29 is 0 Å². The van der Waals surface area contributed by atoms with Crippen LogP contribution in [0.1, 0.15) is 0 Å². The van der Waals surface area contributed by atoms with E-state index in [2.05, 4.69) is 194 Å². The van der Waals surface area contributed by atoms with Crippen LogP contribution in [0.2, 0.25) is 0 Å². The number of benzene rings is 10. The van der Waals surface area contributed by atoms with E-state index in [0.717, 1.165) is 22.3 Å². The van der Waals surface area contributed by atoms with Gasteiger partial charge in [0.1, 0.15) is 0 Å². The molecule has 64 heavy (non-hydrogen) atoms. The molecule has 0 bridgehead atoms. The van der Waals surface area contributed by atoms with Gasteiger partial charge in [0.25, 0.3) is 0 Å². The van der Waals surface area contributed by atoms with Crippen LogP contribution in [0.4, 0.5) is 0 Å². The highest BCUT2D eigenvalue weighted by Gasteiger charge is 2.17. The molecule has 0 aliphatic heterocycles. The summed E-state index contributed by atoms with van der Waals surface area (Å²) in [6.07, 6.45) is 0. The van der Waals surface area contributed by atoms with Crippen LogP contribution in [-0.2, 0) is 0 Å². The van der Waals surface area contributed by atoms with Crippen molar-refractivity contribution in [3.63, 3.8) is 0 Å². The molecule has 3 aromatic heterocycles. The Hall–Kier alpha value is -7.83. The summed E-state index contributed by atoms with van der Waals surface area (Å²) in [5.74, 6) is 1.96. The van der Waals surface area contributed by atoms with Gasteiger partial charge in [-0.2, -0.15) is 0 Å². The molecule has 10 aromatic carbocycles. The maximum Gasteiger partial charge on any atom is 0.164 e. The van der Waals surface area contributed by atoms with Crippen LogP contribution in [-0.4, -0.2) is 15.0 Å². The first-order valence-corrected chi connectivity index (χ1v) is 23.1. The zero-order chi connectivity index (χ0) is 42.1. The molecule has 0 aliphatic carbocycles. The van der Waals surface area contributed by atoms with Gasteiger partial charge in [-0.05, 0) is 110 Å². The monoisotopic (exact) mass is 849 g/mol. The molecule has 0 fully saturated rings. The summed E-state index contributed by atoms with van der Waals surface area (Å²) < 4.78 is 5.08. The molecule has 5 heteroatoms. The lowest BCUT2D eigenvalue weighted by Gasteiger charge is -2.11. The summed E-state index contributed by atoms with van der Waals surface area (Å²) in [6.45, 7) is 0. The van der Waals surface area contributed by atoms with Gasteiger partial charge in [0, 0.05) is 57.0 Å². The Kier molecular flexibility index (Phi) is 8.58. The minimum atomic E-state index is 0.647. The van der Waals surface area contributed by atoms with Crippen LogP contribution >= 0.6 is 22.7 Å². The summed E-state index contributed by atoms with van der Waals surface area (Å²) in [4.78, 5) is 15.2. The summed E-state index contributed by atoms with van der Waals surface area (Å²) in [7, 11) is 0. The number of hydrogen-bond donors (Lipinski definition) is 0. The second kappa shape index (κ2) is 14.9. The first-order chi connectivity index (χ1) is 31.7. The van der Waals surface area contributed by atoms with Gasteiger partial charge < -0.3 is 0 Å². The second-order valence-electron chi connectivity index (χ2n) is 16.4. The number of thiophene rings is 2. The molecule has 0 unspecified atom stereocenters. The number of fused-ring (bicyclic) bond motifs is 9. The highest BCUT2D eigenvalue weighted by atomic mass is 32.1. The maximum atomic E-state index is 5.13. The molecule has 0 spiro atoms. The highest BCUT2D eigenvalue weighted by molar-refractivity contribution is 7.26. The zero-order valence-electron chi connectivity index (χ0n) is 34.4. The van der Waals surface area contributed by atoms with Gasteiger partial charge in [-0.15, -0.1) is 22.7 Å². The Balaban J connectivity index is 0.892. The van der Waals surface area contributed by atoms with Gasteiger partial charge >= 0.3 is 0 Å². The van der Waals surface area contributed by atoms with E-state index in [9.17, 15) is 0 Å². The van der Waals surface area contributed by atoms with Crippen molar-refractivity contribution in [2.45, 2.75) is 0 Å². The minimum Gasteiger partial charge on any atom is -0.208 e. The summed E-state index contributed by atoms with van der Waals surface area (Å²) in [5.41, 5.74) is 10.1. The van der Waals surface area contributed by atoms with E-state index in [1.165, 1.54) is 89.7 Å². The number of hydrogen-bond acceptors (Lipinski definition) is 5. The van der Waals surface area contributed by atoms with E-state index in [1.54, 1.807) is 0 Å². The van der Waals surface area contributed by atoms with E-state index < -0.39 is 0 Å². The largest absolute Gasteiger partial charge is 0.208 e. The van der Waals surface area contributed by atoms with Crippen LogP contribution in [0.3, 0.4) is 0 Å². The van der Waals surface area contributed by atoms with Gasteiger partial charge in [-0.3, -0.25) is 0 Å². The topological polar surface area (TPSA) is 38.7 Å². The smallest absolute Gasteiger partial charge is 0.164 e. The Labute approximate surface area is 377 Å². The van der Waals surface area contributed by atoms with Crippen molar-refractivity contribution in [3.05, 3.63) is 212 Å². The average molecular weight is 850 g/mol. The van der Waals surface area contributed by atoms with Gasteiger partial charge in [0.05, 0.1) is 0 Å². The number of rotatable bonds is 6. The first-order valence-electron chi connectivity index (χ1n) is 21.5. The predicted octanol–water partition coefficient (Wildman–Crippen LogP) is 16.9. The Morgan fingerprint density at radius 1 is 0.250 bits per heavy atom. The summed E-state index contributed by atoms with van der Waals surface area (Å²) >= 11 is 3.67. The second-order valence-corrected chi connectivity index (χ2v) is 18.5. The molecule has 0 N–H and O–H groups in total. The fraction of sp³-hybridized carbons (Fsp3) is 0. The SMILES string of the molecule is c1ccc(-c2ccc3ccc4ccc(-c5ccc6sc7cccc(-c8ccc(-c9nc(-c%10ccccc%10)nc(-c%10ccc%11sc%12ccccc%12c%11c%10)n9)cc8)c7c6c5)cc4c3c2)cc1. The highest BCUT2D eigenvalue weighted by Crippen LogP contribution is 2.43. The molecule has 0 atom stereocenters. The third-order valence-electron chi connectivity index (χ3n) is 12.5. The molecule has 0 saturated heterocycles. The van der Waals surface area contributed by atoms with Gasteiger partial charge in [0.2, 0.25) is 0 Å². The van der Waals surface area contributed by atoms with Crippen molar-refractivity contribution in [2.24, 2.45) is 0 Å². The minimum absolute atomic E-state index is 0.647. The summed E-state index contributed by atoms with van der Waals surface area (Å²) in [5, 5.41) is 10.0. The lowest BCUT2D eigenvalue weighted by molar-refractivity contribution is 1.07. The molecular formula is C59H35N3S2. The Bertz CT molecular complexity index is 3950. The van der Waals surface area contributed by atoms with E-state index in [0.29, 0.717) is 17.5 Å². The molecule has 0 aliphatic rings. The van der Waals surface area contributed by atoms with Crippen molar-refractivity contribution >= 4 is 84.6 Å². The van der Waals surface area contributed by atoms with E-state index in [1.807, 2.05) is 40.9 Å². The van der Waals surface area contributed by atoms with Crippen LogP contribution in [0.5, 0.6) is 0 Å².